The standard InChI is InChI=1S/C22H31NO3/c1-3-5-6-7-11-15-19(12-4-2)21(24)23-20(17-26-22(23)25)16-18-13-9-8-10-14-18/h4,8-10,13-14,19-20H,2-3,5-7,11-12,15-17H2,1H3/t19-,20-/m0/s1. The molecule has 1 aromatic carbocycles. The van der Waals surface area contributed by atoms with Crippen molar-refractivity contribution in [3.8, 4) is 0 Å². The van der Waals surface area contributed by atoms with E-state index < -0.39 is 6.09 Å². The molecule has 0 saturated carbocycles. The van der Waals surface area contributed by atoms with Crippen LogP contribution in [0.5, 0.6) is 0 Å². The van der Waals surface area contributed by atoms with E-state index in [1.807, 2.05) is 30.3 Å². The Kier molecular flexibility index (Phi) is 8.39. The summed E-state index contributed by atoms with van der Waals surface area (Å²) in [5.74, 6) is -0.290. The van der Waals surface area contributed by atoms with E-state index in [0.717, 1.165) is 24.8 Å². The van der Waals surface area contributed by atoms with Crippen LogP contribution in [0.3, 0.4) is 0 Å². The maximum atomic E-state index is 13.0. The minimum absolute atomic E-state index is 0.108. The van der Waals surface area contributed by atoms with Gasteiger partial charge in [0.05, 0.1) is 6.04 Å². The van der Waals surface area contributed by atoms with Crippen molar-refractivity contribution in [1.82, 2.24) is 4.90 Å². The number of hydrogen-bond acceptors (Lipinski definition) is 3. The van der Waals surface area contributed by atoms with Crippen molar-refractivity contribution in [3.05, 3.63) is 48.6 Å². The van der Waals surface area contributed by atoms with Crippen LogP contribution in [-0.2, 0) is 16.0 Å². The number of rotatable bonds is 11. The summed E-state index contributed by atoms with van der Waals surface area (Å²) in [7, 11) is 0. The Bertz CT molecular complexity index is 584. The molecule has 0 N–H and O–H groups in total. The number of amides is 2. The lowest BCUT2D eigenvalue weighted by Crippen LogP contribution is -2.43. The molecule has 1 heterocycles. The zero-order valence-electron chi connectivity index (χ0n) is 15.9. The van der Waals surface area contributed by atoms with Gasteiger partial charge in [-0.05, 0) is 24.8 Å². The number of unbranched alkanes of at least 4 members (excludes halogenated alkanes) is 4. The van der Waals surface area contributed by atoms with Gasteiger partial charge >= 0.3 is 6.09 Å². The van der Waals surface area contributed by atoms with E-state index >= 15 is 0 Å². The third kappa shape index (κ3) is 5.72. The van der Waals surface area contributed by atoms with Crippen LogP contribution in [0, 0.1) is 5.92 Å². The molecular formula is C22H31NO3. The number of allylic oxidation sites excluding steroid dienone is 1. The van der Waals surface area contributed by atoms with Crippen molar-refractivity contribution in [2.24, 2.45) is 5.92 Å². The Balaban J connectivity index is 1.99. The third-order valence-corrected chi connectivity index (χ3v) is 4.97. The molecule has 0 radical (unpaired) electrons. The highest BCUT2D eigenvalue weighted by Gasteiger charge is 2.40. The van der Waals surface area contributed by atoms with Crippen LogP contribution in [0.4, 0.5) is 4.79 Å². The molecule has 0 bridgehead atoms. The predicted octanol–water partition coefficient (Wildman–Crippen LogP) is 5.13. The summed E-state index contributed by atoms with van der Waals surface area (Å²) < 4.78 is 5.20. The highest BCUT2D eigenvalue weighted by Crippen LogP contribution is 2.24. The summed E-state index contributed by atoms with van der Waals surface area (Å²) in [5.41, 5.74) is 1.11. The summed E-state index contributed by atoms with van der Waals surface area (Å²) in [6.45, 7) is 6.25. The molecule has 0 aliphatic carbocycles. The lowest BCUT2D eigenvalue weighted by Gasteiger charge is -2.24. The fraction of sp³-hybridized carbons (Fsp3) is 0.545. The Morgan fingerprint density at radius 2 is 2.00 bits per heavy atom. The molecule has 4 heteroatoms. The van der Waals surface area contributed by atoms with Crippen molar-refractivity contribution in [1.29, 1.82) is 0 Å². The van der Waals surface area contributed by atoms with Crippen molar-refractivity contribution in [2.45, 2.75) is 64.3 Å². The van der Waals surface area contributed by atoms with Gasteiger partial charge in [-0.3, -0.25) is 4.79 Å². The molecule has 1 aromatic rings. The number of hydrogen-bond donors (Lipinski definition) is 0. The largest absolute Gasteiger partial charge is 0.447 e. The van der Waals surface area contributed by atoms with Crippen LogP contribution in [0.25, 0.3) is 0 Å². The number of benzene rings is 1. The first-order valence-corrected chi connectivity index (χ1v) is 9.82. The van der Waals surface area contributed by atoms with Crippen molar-refractivity contribution in [3.63, 3.8) is 0 Å². The van der Waals surface area contributed by atoms with Gasteiger partial charge in [0.25, 0.3) is 0 Å². The van der Waals surface area contributed by atoms with Crippen LogP contribution in [0.15, 0.2) is 43.0 Å². The summed E-state index contributed by atoms with van der Waals surface area (Å²) in [6.07, 6.45) is 9.10. The number of cyclic esters (lactones) is 1. The fourth-order valence-electron chi connectivity index (χ4n) is 3.50. The molecular weight excluding hydrogens is 326 g/mol. The maximum absolute atomic E-state index is 13.0. The third-order valence-electron chi connectivity index (χ3n) is 4.97. The first-order chi connectivity index (χ1) is 12.7. The number of imide groups is 1. The van der Waals surface area contributed by atoms with E-state index in [4.69, 9.17) is 4.74 Å². The van der Waals surface area contributed by atoms with Gasteiger partial charge in [-0.2, -0.15) is 0 Å². The summed E-state index contributed by atoms with van der Waals surface area (Å²) in [6, 6.07) is 9.71. The van der Waals surface area contributed by atoms with E-state index in [9.17, 15) is 9.59 Å². The second-order valence-corrected chi connectivity index (χ2v) is 7.05. The first-order valence-electron chi connectivity index (χ1n) is 9.82. The first kappa shape index (κ1) is 20.2. The van der Waals surface area contributed by atoms with Crippen molar-refractivity contribution in [2.75, 3.05) is 6.61 Å². The van der Waals surface area contributed by atoms with Crippen LogP contribution < -0.4 is 0 Å². The molecule has 2 rings (SSSR count). The Morgan fingerprint density at radius 3 is 2.69 bits per heavy atom. The van der Waals surface area contributed by atoms with Gasteiger partial charge in [-0.1, -0.05) is 75.4 Å². The Morgan fingerprint density at radius 1 is 1.27 bits per heavy atom. The average Bonchev–Trinajstić information content (AvgIpc) is 3.01. The monoisotopic (exact) mass is 357 g/mol. The normalized spacial score (nSPS) is 17.8. The number of carbonyl (C=O) groups excluding carboxylic acids is 2. The molecule has 1 saturated heterocycles. The predicted molar refractivity (Wildman–Crippen MR) is 104 cm³/mol. The molecule has 4 nitrogen and oxygen atoms in total. The topological polar surface area (TPSA) is 46.6 Å². The van der Waals surface area contributed by atoms with E-state index in [2.05, 4.69) is 13.5 Å². The zero-order chi connectivity index (χ0) is 18.8. The molecule has 0 aromatic heterocycles. The Hall–Kier alpha value is -2.10. The lowest BCUT2D eigenvalue weighted by molar-refractivity contribution is -0.133. The lowest BCUT2D eigenvalue weighted by atomic mass is 9.94. The molecule has 2 amide bonds. The summed E-state index contributed by atoms with van der Waals surface area (Å²) >= 11 is 0. The molecule has 1 aliphatic heterocycles. The van der Waals surface area contributed by atoms with Gasteiger partial charge in [0.1, 0.15) is 6.61 Å². The van der Waals surface area contributed by atoms with Crippen LogP contribution in [-0.4, -0.2) is 29.5 Å². The van der Waals surface area contributed by atoms with E-state index in [0.29, 0.717) is 12.8 Å². The van der Waals surface area contributed by atoms with Crippen LogP contribution >= 0.6 is 0 Å². The minimum atomic E-state index is -0.504. The summed E-state index contributed by atoms with van der Waals surface area (Å²) in [5, 5.41) is 0. The van der Waals surface area contributed by atoms with Gasteiger partial charge in [0, 0.05) is 5.92 Å². The quantitative estimate of drug-likeness (QED) is 0.407. The van der Waals surface area contributed by atoms with E-state index in [-0.39, 0.29) is 24.5 Å². The van der Waals surface area contributed by atoms with Gasteiger partial charge in [0.2, 0.25) is 5.91 Å². The van der Waals surface area contributed by atoms with E-state index in [1.54, 1.807) is 6.08 Å². The molecule has 1 aliphatic rings. The highest BCUT2D eigenvalue weighted by atomic mass is 16.6. The van der Waals surface area contributed by atoms with Crippen molar-refractivity contribution >= 4 is 12.0 Å². The highest BCUT2D eigenvalue weighted by molar-refractivity contribution is 5.94. The average molecular weight is 357 g/mol. The molecule has 0 unspecified atom stereocenters. The second kappa shape index (κ2) is 10.8. The summed E-state index contributed by atoms with van der Waals surface area (Å²) in [4.78, 5) is 26.6. The van der Waals surface area contributed by atoms with Gasteiger partial charge in [-0.25, -0.2) is 9.69 Å². The fourth-order valence-corrected chi connectivity index (χ4v) is 3.50. The number of carbonyl (C=O) groups is 2. The van der Waals surface area contributed by atoms with Gasteiger partial charge < -0.3 is 4.74 Å². The number of nitrogens with zero attached hydrogens (tertiary/aromatic N) is 1. The van der Waals surface area contributed by atoms with Crippen LogP contribution in [0.2, 0.25) is 0 Å². The zero-order valence-corrected chi connectivity index (χ0v) is 15.9. The SMILES string of the molecule is C=CC[C@@H](CCCCCCC)C(=O)N1C(=O)OC[C@@H]1Cc1ccccc1. The van der Waals surface area contributed by atoms with E-state index in [1.165, 1.54) is 24.2 Å². The molecule has 26 heavy (non-hydrogen) atoms. The molecule has 142 valence electrons. The molecule has 0 spiro atoms. The minimum Gasteiger partial charge on any atom is -0.447 e. The second-order valence-electron chi connectivity index (χ2n) is 7.05. The Labute approximate surface area is 157 Å². The molecule has 2 atom stereocenters. The molecule has 1 fully saturated rings. The maximum Gasteiger partial charge on any atom is 0.416 e. The van der Waals surface area contributed by atoms with Gasteiger partial charge in [-0.15, -0.1) is 6.58 Å². The van der Waals surface area contributed by atoms with Gasteiger partial charge in [0.15, 0.2) is 0 Å². The van der Waals surface area contributed by atoms with Crippen LogP contribution in [0.1, 0.15) is 57.4 Å². The smallest absolute Gasteiger partial charge is 0.416 e. The number of ether oxygens (including phenoxy) is 1. The van der Waals surface area contributed by atoms with Crippen molar-refractivity contribution < 1.29 is 14.3 Å².